The summed E-state index contributed by atoms with van der Waals surface area (Å²) in [6, 6.07) is 13.2. The molecule has 0 aliphatic heterocycles. The summed E-state index contributed by atoms with van der Waals surface area (Å²) in [6.45, 7) is 0. The Kier molecular flexibility index (Phi) is 5.46. The Bertz CT molecular complexity index is 1620. The van der Waals surface area contributed by atoms with Gasteiger partial charge in [-0.15, -0.1) is 0 Å². The highest BCUT2D eigenvalue weighted by Gasteiger charge is 2.25. The summed E-state index contributed by atoms with van der Waals surface area (Å²) < 4.78 is 69.3. The van der Waals surface area contributed by atoms with Crippen LogP contribution in [0, 0.1) is 11.6 Å². The first-order valence-corrected chi connectivity index (χ1v) is 12.1. The number of nitrogens with zero attached hydrogens (tertiary/aromatic N) is 3. The molecule has 3 aromatic carbocycles. The summed E-state index contributed by atoms with van der Waals surface area (Å²) in [4.78, 5) is 3.00. The average Bonchev–Trinajstić information content (AvgIpc) is 3.45. The van der Waals surface area contributed by atoms with Crippen LogP contribution >= 0.6 is 11.5 Å². The Balaban J connectivity index is 1.49. The second kappa shape index (κ2) is 8.47. The minimum Gasteiger partial charge on any atom is -0.454 e. The van der Waals surface area contributed by atoms with Crippen molar-refractivity contribution >= 4 is 38.2 Å². The van der Waals surface area contributed by atoms with Crippen LogP contribution in [-0.2, 0) is 15.6 Å². The van der Waals surface area contributed by atoms with Crippen LogP contribution < -0.4 is 10.5 Å². The van der Waals surface area contributed by atoms with E-state index >= 15 is 0 Å². The monoisotopic (exact) mass is 500 g/mol. The van der Waals surface area contributed by atoms with Gasteiger partial charge in [-0.2, -0.15) is 4.37 Å². The van der Waals surface area contributed by atoms with Crippen molar-refractivity contribution in [2.24, 2.45) is 0 Å². The number of nitrogen functional groups attached to an aromatic ring is 1. The molecule has 0 radical (unpaired) electrons. The molecule has 2 aromatic heterocycles. The molecule has 0 fully saturated rings. The van der Waals surface area contributed by atoms with Crippen LogP contribution in [0.3, 0.4) is 0 Å². The summed E-state index contributed by atoms with van der Waals surface area (Å²) in [5, 5.41) is 4.48. The Hall–Kier alpha value is -3.90. The van der Waals surface area contributed by atoms with E-state index in [1.807, 2.05) is 0 Å². The number of benzene rings is 3. The van der Waals surface area contributed by atoms with Gasteiger partial charge in [0.2, 0.25) is 0 Å². The molecule has 5 rings (SSSR count). The van der Waals surface area contributed by atoms with Crippen LogP contribution in [0.25, 0.3) is 22.1 Å². The van der Waals surface area contributed by atoms with E-state index in [0.717, 1.165) is 11.5 Å². The maximum atomic E-state index is 14.9. The fourth-order valence-corrected chi connectivity index (χ4v) is 5.54. The van der Waals surface area contributed by atoms with Gasteiger partial charge in [-0.3, -0.25) is 0 Å². The first kappa shape index (κ1) is 21.9. The third-order valence-corrected chi connectivity index (χ3v) is 7.44. The number of rotatable bonds is 6. The lowest BCUT2D eigenvalue weighted by molar-refractivity contribution is 0.433. The van der Waals surface area contributed by atoms with E-state index in [1.165, 1.54) is 6.33 Å². The maximum absolute atomic E-state index is 14.9. The maximum Gasteiger partial charge on any atom is 0.187 e. The quantitative estimate of drug-likeness (QED) is 0.347. The van der Waals surface area contributed by atoms with Crippen molar-refractivity contribution in [1.29, 1.82) is 0 Å². The van der Waals surface area contributed by atoms with E-state index in [0.29, 0.717) is 34.2 Å². The molecule has 2 heterocycles. The molecule has 5 aromatic rings. The molecule has 0 bridgehead atoms. The van der Waals surface area contributed by atoms with Crippen molar-refractivity contribution in [3.05, 3.63) is 77.6 Å². The van der Waals surface area contributed by atoms with E-state index in [1.54, 1.807) is 42.5 Å². The third-order valence-electron chi connectivity index (χ3n) is 4.96. The summed E-state index contributed by atoms with van der Waals surface area (Å²) >= 11 is 0.862. The van der Waals surface area contributed by atoms with Gasteiger partial charge in [0.1, 0.15) is 33.6 Å². The highest BCUT2D eigenvalue weighted by molar-refractivity contribution is 7.90. The van der Waals surface area contributed by atoms with Crippen LogP contribution in [-0.4, -0.2) is 22.9 Å². The number of nitrogens with two attached hydrogens (primary N) is 1. The first-order chi connectivity index (χ1) is 16.3. The molecule has 0 atom stereocenters. The summed E-state index contributed by atoms with van der Waals surface area (Å²) in [7, 11) is -4.19. The third kappa shape index (κ3) is 4.08. The van der Waals surface area contributed by atoms with Gasteiger partial charge in [0.15, 0.2) is 32.8 Å². The van der Waals surface area contributed by atoms with Crippen LogP contribution in [0.1, 0.15) is 5.01 Å². The summed E-state index contributed by atoms with van der Waals surface area (Å²) in [5.41, 5.74) is 7.57. The molecule has 34 heavy (non-hydrogen) atoms. The molecule has 0 unspecified atom stereocenters. The molecule has 8 nitrogen and oxygen atoms in total. The van der Waals surface area contributed by atoms with Crippen LogP contribution in [0.15, 0.2) is 70.3 Å². The van der Waals surface area contributed by atoms with E-state index in [2.05, 4.69) is 14.5 Å². The van der Waals surface area contributed by atoms with Gasteiger partial charge in [0.05, 0.1) is 5.39 Å². The number of hydrogen-bond acceptors (Lipinski definition) is 9. The van der Waals surface area contributed by atoms with Gasteiger partial charge in [-0.05, 0) is 41.4 Å². The number of hydrogen-bond donors (Lipinski definition) is 1. The molecule has 2 N–H and O–H groups in total. The van der Waals surface area contributed by atoms with Gasteiger partial charge in [0, 0.05) is 11.6 Å². The molecular formula is C22H14F2N4O4S2. The van der Waals surface area contributed by atoms with Crippen LogP contribution in [0.4, 0.5) is 14.6 Å². The minimum atomic E-state index is -4.19. The summed E-state index contributed by atoms with van der Waals surface area (Å²) in [5.74, 6) is -2.80. The fourth-order valence-electron chi connectivity index (χ4n) is 3.36. The number of ether oxygens (including phenoxy) is 1. The van der Waals surface area contributed by atoms with Crippen molar-refractivity contribution in [2.45, 2.75) is 10.6 Å². The van der Waals surface area contributed by atoms with E-state index in [9.17, 15) is 17.2 Å². The normalized spacial score (nSPS) is 11.7. The lowest BCUT2D eigenvalue weighted by atomic mass is 10.0. The zero-order chi connectivity index (χ0) is 23.9. The van der Waals surface area contributed by atoms with Gasteiger partial charge < -0.3 is 15.0 Å². The second-order valence-corrected chi connectivity index (χ2v) is 10.0. The molecular weight excluding hydrogens is 486 g/mol. The van der Waals surface area contributed by atoms with Crippen molar-refractivity contribution in [3.63, 3.8) is 0 Å². The number of fused-ring (bicyclic) bond motifs is 1. The van der Waals surface area contributed by atoms with Crippen LogP contribution in [0.5, 0.6) is 11.5 Å². The molecule has 0 aliphatic rings. The predicted octanol–water partition coefficient (Wildman–Crippen LogP) is 4.97. The van der Waals surface area contributed by atoms with Gasteiger partial charge in [0.25, 0.3) is 0 Å². The number of sulfone groups is 1. The minimum absolute atomic E-state index is 0.166. The largest absolute Gasteiger partial charge is 0.454 e. The van der Waals surface area contributed by atoms with Crippen molar-refractivity contribution in [3.8, 4) is 22.6 Å². The highest BCUT2D eigenvalue weighted by Crippen LogP contribution is 2.37. The molecule has 12 heteroatoms. The zero-order valence-corrected chi connectivity index (χ0v) is 18.7. The molecule has 0 aliphatic carbocycles. The number of halogens is 2. The summed E-state index contributed by atoms with van der Waals surface area (Å²) in [6.07, 6.45) is 1.19. The van der Waals surface area contributed by atoms with E-state index in [4.69, 9.17) is 15.0 Å². The van der Waals surface area contributed by atoms with Crippen molar-refractivity contribution < 1.29 is 26.5 Å². The molecule has 0 saturated heterocycles. The molecule has 0 spiro atoms. The molecule has 0 amide bonds. The highest BCUT2D eigenvalue weighted by atomic mass is 32.2. The predicted molar refractivity (Wildman–Crippen MR) is 121 cm³/mol. The van der Waals surface area contributed by atoms with Gasteiger partial charge in [-0.25, -0.2) is 22.2 Å². The van der Waals surface area contributed by atoms with Crippen LogP contribution in [0.2, 0.25) is 0 Å². The van der Waals surface area contributed by atoms with Crippen molar-refractivity contribution in [1.82, 2.24) is 14.5 Å². The second-order valence-electron chi connectivity index (χ2n) is 7.18. The van der Waals surface area contributed by atoms with E-state index in [-0.39, 0.29) is 16.6 Å². The lowest BCUT2D eigenvalue weighted by Crippen LogP contribution is -2.08. The number of aromatic nitrogens is 3. The molecule has 0 saturated carbocycles. The fraction of sp³-hybridized carbons (Fsp3) is 0.0455. The smallest absolute Gasteiger partial charge is 0.187 e. The zero-order valence-electron chi connectivity index (χ0n) is 17.1. The molecule has 172 valence electrons. The van der Waals surface area contributed by atoms with Gasteiger partial charge in [-0.1, -0.05) is 29.4 Å². The Morgan fingerprint density at radius 1 is 1.03 bits per heavy atom. The Morgan fingerprint density at radius 3 is 2.65 bits per heavy atom. The Labute approximate surface area is 195 Å². The van der Waals surface area contributed by atoms with Crippen molar-refractivity contribution in [2.75, 3.05) is 5.73 Å². The Morgan fingerprint density at radius 2 is 1.85 bits per heavy atom. The average molecular weight is 501 g/mol. The van der Waals surface area contributed by atoms with E-state index < -0.39 is 37.9 Å². The lowest BCUT2D eigenvalue weighted by Gasteiger charge is -2.13. The number of anilines is 1. The topological polar surface area (TPSA) is 121 Å². The standard InChI is InChI=1S/C22H14F2N4O4S2/c23-15-9-20(34(29,30)10-21-26-11-27-33-21)16(24)8-19(15)31-17-4-2-1-3-13(17)12-5-6-18-14(7-12)22(25)28-32-18/h1-9,11H,10H2,(H2,25,28). The number of para-hydroxylation sites is 1. The van der Waals surface area contributed by atoms with Gasteiger partial charge >= 0.3 is 0 Å². The SMILES string of the molecule is Nc1noc2ccc(-c3ccccc3Oc3cc(F)c(S(=O)(=O)Cc4ncns4)cc3F)cc12. The first-order valence-electron chi connectivity index (χ1n) is 9.71.